The zero-order valence-electron chi connectivity index (χ0n) is 9.03. The highest BCUT2D eigenvalue weighted by Gasteiger charge is 2.05. The topological polar surface area (TPSA) is 76.4 Å². The average Bonchev–Trinajstić information content (AvgIpc) is 2.16. The molecule has 0 aliphatic heterocycles. The molecule has 86 valence electrons. The summed E-state index contributed by atoms with van der Waals surface area (Å²) in [6.45, 7) is 1.42. The maximum atomic E-state index is 11.0. The number of carbonyl (C=O) groups is 1. The van der Waals surface area contributed by atoms with E-state index in [2.05, 4.69) is 10.6 Å². The van der Waals surface area contributed by atoms with E-state index in [0.29, 0.717) is 17.1 Å². The number of ether oxygens (including phenoxy) is 1. The van der Waals surface area contributed by atoms with Crippen LogP contribution in [0.5, 0.6) is 5.75 Å². The second kappa shape index (κ2) is 5.32. The Hall–Kier alpha value is -1.82. The Morgan fingerprint density at radius 1 is 1.44 bits per heavy atom. The number of nitrogens with one attached hydrogen (secondary N) is 2. The number of hydrogen-bond donors (Lipinski definition) is 3. The summed E-state index contributed by atoms with van der Waals surface area (Å²) in [4.78, 5) is 11.0. The first-order valence-electron chi connectivity index (χ1n) is 4.55. The molecule has 5 nitrogen and oxygen atoms in total. The van der Waals surface area contributed by atoms with Crippen LogP contribution in [0.2, 0.25) is 0 Å². The first-order chi connectivity index (χ1) is 7.52. The van der Waals surface area contributed by atoms with Crippen LogP contribution in [0.4, 0.5) is 11.4 Å². The van der Waals surface area contributed by atoms with Crippen LogP contribution in [-0.4, -0.2) is 18.1 Å². The Morgan fingerprint density at radius 3 is 2.62 bits per heavy atom. The number of anilines is 2. The minimum atomic E-state index is -0.175. The van der Waals surface area contributed by atoms with Crippen molar-refractivity contribution in [1.29, 1.82) is 0 Å². The van der Waals surface area contributed by atoms with Crippen LogP contribution in [0.15, 0.2) is 18.2 Å². The van der Waals surface area contributed by atoms with Gasteiger partial charge in [-0.25, -0.2) is 0 Å². The summed E-state index contributed by atoms with van der Waals surface area (Å²) in [5, 5.41) is 5.59. The van der Waals surface area contributed by atoms with Gasteiger partial charge in [-0.3, -0.25) is 4.79 Å². The zero-order chi connectivity index (χ0) is 12.1. The van der Waals surface area contributed by atoms with Gasteiger partial charge in [0.05, 0.1) is 12.8 Å². The second-order valence-corrected chi connectivity index (χ2v) is 3.53. The SMILES string of the molecule is COc1ccc(NC(N)=S)cc1NC(C)=O. The maximum Gasteiger partial charge on any atom is 0.221 e. The molecule has 0 atom stereocenters. The van der Waals surface area contributed by atoms with Crippen LogP contribution < -0.4 is 21.1 Å². The molecule has 1 aromatic carbocycles. The number of rotatable bonds is 3. The highest BCUT2D eigenvalue weighted by molar-refractivity contribution is 7.80. The van der Waals surface area contributed by atoms with Crippen molar-refractivity contribution in [3.8, 4) is 5.75 Å². The monoisotopic (exact) mass is 239 g/mol. The highest BCUT2D eigenvalue weighted by Crippen LogP contribution is 2.27. The maximum absolute atomic E-state index is 11.0. The lowest BCUT2D eigenvalue weighted by Gasteiger charge is -2.11. The number of methoxy groups -OCH3 is 1. The number of amides is 1. The standard InChI is InChI=1S/C10H13N3O2S/c1-6(14)12-8-5-7(13-10(11)16)3-4-9(8)15-2/h3-5H,1-2H3,(H,12,14)(H3,11,13,16). The quantitative estimate of drug-likeness (QED) is 0.693. The summed E-state index contributed by atoms with van der Waals surface area (Å²) in [5.41, 5.74) is 6.61. The Balaban J connectivity index is 3.00. The number of thiocarbonyl (C=S) groups is 1. The molecule has 1 amide bonds. The summed E-state index contributed by atoms with van der Waals surface area (Å²) in [5.74, 6) is 0.398. The molecule has 0 aromatic heterocycles. The normalized spacial score (nSPS) is 9.38. The molecular formula is C10H13N3O2S. The molecular weight excluding hydrogens is 226 g/mol. The van der Waals surface area contributed by atoms with Crippen molar-refractivity contribution in [2.45, 2.75) is 6.92 Å². The Labute approximate surface area is 99.0 Å². The van der Waals surface area contributed by atoms with Crippen LogP contribution in [0.3, 0.4) is 0 Å². The second-order valence-electron chi connectivity index (χ2n) is 3.09. The number of benzene rings is 1. The summed E-state index contributed by atoms with van der Waals surface area (Å²) >= 11 is 4.72. The summed E-state index contributed by atoms with van der Waals surface area (Å²) in [6, 6.07) is 5.16. The minimum Gasteiger partial charge on any atom is -0.495 e. The van der Waals surface area contributed by atoms with Gasteiger partial charge in [0.25, 0.3) is 0 Å². The molecule has 0 spiro atoms. The largest absolute Gasteiger partial charge is 0.495 e. The molecule has 0 saturated carbocycles. The van der Waals surface area contributed by atoms with Gasteiger partial charge in [0.1, 0.15) is 5.75 Å². The highest BCUT2D eigenvalue weighted by atomic mass is 32.1. The van der Waals surface area contributed by atoms with Crippen LogP contribution in [0, 0.1) is 0 Å². The van der Waals surface area contributed by atoms with Crippen molar-refractivity contribution in [3.05, 3.63) is 18.2 Å². The van der Waals surface area contributed by atoms with Crippen LogP contribution in [0.1, 0.15) is 6.92 Å². The zero-order valence-corrected chi connectivity index (χ0v) is 9.85. The molecule has 0 radical (unpaired) electrons. The fourth-order valence-electron chi connectivity index (χ4n) is 1.22. The fourth-order valence-corrected chi connectivity index (χ4v) is 1.33. The van der Waals surface area contributed by atoms with Crippen LogP contribution >= 0.6 is 12.2 Å². The molecule has 6 heteroatoms. The van der Waals surface area contributed by atoms with Gasteiger partial charge in [0.2, 0.25) is 5.91 Å². The van der Waals surface area contributed by atoms with E-state index in [1.165, 1.54) is 14.0 Å². The predicted octanol–water partition coefficient (Wildman–Crippen LogP) is 1.31. The molecule has 1 rings (SSSR count). The van der Waals surface area contributed by atoms with Gasteiger partial charge in [-0.15, -0.1) is 0 Å². The third kappa shape index (κ3) is 3.39. The molecule has 4 N–H and O–H groups in total. The van der Waals surface area contributed by atoms with E-state index in [1.54, 1.807) is 18.2 Å². The fraction of sp³-hybridized carbons (Fsp3) is 0.200. The van der Waals surface area contributed by atoms with Crippen LogP contribution in [-0.2, 0) is 4.79 Å². The van der Waals surface area contributed by atoms with Crippen molar-refractivity contribution in [1.82, 2.24) is 0 Å². The summed E-state index contributed by atoms with van der Waals surface area (Å²) in [6.07, 6.45) is 0. The van der Waals surface area contributed by atoms with Crippen LogP contribution in [0.25, 0.3) is 0 Å². The van der Waals surface area contributed by atoms with E-state index in [4.69, 9.17) is 22.7 Å². The third-order valence-corrected chi connectivity index (χ3v) is 1.88. The summed E-state index contributed by atoms with van der Waals surface area (Å²) in [7, 11) is 1.53. The van der Waals surface area contributed by atoms with Gasteiger partial charge in [-0.2, -0.15) is 0 Å². The first-order valence-corrected chi connectivity index (χ1v) is 4.96. The predicted molar refractivity (Wildman–Crippen MR) is 67.7 cm³/mol. The molecule has 0 fully saturated rings. The molecule has 0 aliphatic carbocycles. The van der Waals surface area contributed by atoms with Crippen molar-refractivity contribution < 1.29 is 9.53 Å². The Kier molecular flexibility index (Phi) is 4.07. The first kappa shape index (κ1) is 12.3. The minimum absolute atomic E-state index is 0.166. The molecule has 0 bridgehead atoms. The Bertz CT molecular complexity index is 421. The van der Waals surface area contributed by atoms with Gasteiger partial charge in [0, 0.05) is 12.6 Å². The van der Waals surface area contributed by atoms with E-state index in [1.807, 2.05) is 0 Å². The number of nitrogens with two attached hydrogens (primary N) is 1. The van der Waals surface area contributed by atoms with E-state index >= 15 is 0 Å². The third-order valence-electron chi connectivity index (χ3n) is 1.78. The lowest BCUT2D eigenvalue weighted by Crippen LogP contribution is -2.19. The Morgan fingerprint density at radius 2 is 2.12 bits per heavy atom. The van der Waals surface area contributed by atoms with Crippen molar-refractivity contribution in [3.63, 3.8) is 0 Å². The van der Waals surface area contributed by atoms with E-state index in [0.717, 1.165) is 0 Å². The van der Waals surface area contributed by atoms with Gasteiger partial charge in [-0.05, 0) is 30.4 Å². The van der Waals surface area contributed by atoms with Crippen molar-refractivity contribution in [2.24, 2.45) is 5.73 Å². The molecule has 0 heterocycles. The van der Waals surface area contributed by atoms with E-state index in [-0.39, 0.29) is 11.0 Å². The molecule has 0 unspecified atom stereocenters. The van der Waals surface area contributed by atoms with Gasteiger partial charge in [0.15, 0.2) is 5.11 Å². The average molecular weight is 239 g/mol. The van der Waals surface area contributed by atoms with E-state index in [9.17, 15) is 4.79 Å². The smallest absolute Gasteiger partial charge is 0.221 e. The lowest BCUT2D eigenvalue weighted by atomic mass is 10.2. The molecule has 0 aliphatic rings. The lowest BCUT2D eigenvalue weighted by molar-refractivity contribution is -0.114. The van der Waals surface area contributed by atoms with Crippen molar-refractivity contribution in [2.75, 3.05) is 17.7 Å². The van der Waals surface area contributed by atoms with Crippen molar-refractivity contribution >= 4 is 34.6 Å². The van der Waals surface area contributed by atoms with Gasteiger partial charge in [-0.1, -0.05) is 0 Å². The molecule has 1 aromatic rings. The van der Waals surface area contributed by atoms with E-state index < -0.39 is 0 Å². The van der Waals surface area contributed by atoms with Gasteiger partial charge >= 0.3 is 0 Å². The number of carbonyl (C=O) groups excluding carboxylic acids is 1. The molecule has 16 heavy (non-hydrogen) atoms. The van der Waals surface area contributed by atoms with Gasteiger partial charge < -0.3 is 21.1 Å². The molecule has 0 saturated heterocycles. The summed E-state index contributed by atoms with van der Waals surface area (Å²) < 4.78 is 5.10. The number of hydrogen-bond acceptors (Lipinski definition) is 3.